The van der Waals surface area contributed by atoms with Crippen molar-refractivity contribution in [3.05, 3.63) is 89.5 Å². The fourth-order valence-corrected chi connectivity index (χ4v) is 4.02. The third-order valence-corrected chi connectivity index (χ3v) is 5.96. The summed E-state index contributed by atoms with van der Waals surface area (Å²) in [6.07, 6.45) is 0. The minimum absolute atomic E-state index is 0.0343. The van der Waals surface area contributed by atoms with Crippen LogP contribution in [-0.4, -0.2) is 28.4 Å². The number of carbonyl (C=O) groups is 1. The molecular weight excluding hydrogens is 398 g/mol. The Labute approximate surface area is 177 Å². The SMILES string of the molecule is Cc1cccc(NS(=O)(=O)c2cccc(C(=O)NCc3ccc(N(C)C)cc3)c2)c1. The second-order valence-electron chi connectivity index (χ2n) is 7.25. The molecule has 1 amide bonds. The van der Waals surface area contributed by atoms with Crippen LogP contribution in [0.25, 0.3) is 0 Å². The number of carbonyl (C=O) groups excluding carboxylic acids is 1. The van der Waals surface area contributed by atoms with Crippen molar-refractivity contribution in [2.24, 2.45) is 0 Å². The van der Waals surface area contributed by atoms with Gasteiger partial charge in [-0.05, 0) is 60.5 Å². The van der Waals surface area contributed by atoms with Crippen molar-refractivity contribution in [1.82, 2.24) is 5.32 Å². The van der Waals surface area contributed by atoms with Crippen LogP contribution in [0.2, 0.25) is 0 Å². The Morgan fingerprint density at radius 3 is 2.30 bits per heavy atom. The van der Waals surface area contributed by atoms with Crippen LogP contribution >= 0.6 is 0 Å². The molecule has 30 heavy (non-hydrogen) atoms. The summed E-state index contributed by atoms with van der Waals surface area (Å²) in [6.45, 7) is 2.24. The van der Waals surface area contributed by atoms with Gasteiger partial charge in [0, 0.05) is 37.6 Å². The third kappa shape index (κ3) is 5.39. The van der Waals surface area contributed by atoms with Gasteiger partial charge in [-0.25, -0.2) is 8.42 Å². The Morgan fingerprint density at radius 1 is 0.933 bits per heavy atom. The maximum atomic E-state index is 12.7. The summed E-state index contributed by atoms with van der Waals surface area (Å²) in [7, 11) is 0.127. The van der Waals surface area contributed by atoms with Crippen LogP contribution in [-0.2, 0) is 16.6 Å². The van der Waals surface area contributed by atoms with Gasteiger partial charge in [-0.1, -0.05) is 30.3 Å². The molecule has 0 aromatic heterocycles. The van der Waals surface area contributed by atoms with E-state index in [1.807, 2.05) is 56.3 Å². The lowest BCUT2D eigenvalue weighted by Crippen LogP contribution is -2.23. The predicted molar refractivity (Wildman–Crippen MR) is 120 cm³/mol. The highest BCUT2D eigenvalue weighted by molar-refractivity contribution is 7.92. The zero-order valence-corrected chi connectivity index (χ0v) is 18.0. The molecule has 0 bridgehead atoms. The molecule has 7 heteroatoms. The van der Waals surface area contributed by atoms with Crippen molar-refractivity contribution < 1.29 is 13.2 Å². The Hall–Kier alpha value is -3.32. The van der Waals surface area contributed by atoms with Crippen LogP contribution in [0.4, 0.5) is 11.4 Å². The second kappa shape index (κ2) is 9.00. The maximum Gasteiger partial charge on any atom is 0.261 e. The van der Waals surface area contributed by atoms with Gasteiger partial charge in [-0.3, -0.25) is 9.52 Å². The molecule has 0 atom stereocenters. The number of benzene rings is 3. The van der Waals surface area contributed by atoms with Gasteiger partial charge in [0.1, 0.15) is 0 Å². The first-order chi connectivity index (χ1) is 14.2. The molecular formula is C23H25N3O3S. The summed E-state index contributed by atoms with van der Waals surface area (Å²) in [4.78, 5) is 14.6. The van der Waals surface area contributed by atoms with Gasteiger partial charge >= 0.3 is 0 Å². The molecule has 3 rings (SSSR count). The van der Waals surface area contributed by atoms with Crippen LogP contribution in [0.5, 0.6) is 0 Å². The molecule has 0 aliphatic heterocycles. The zero-order valence-electron chi connectivity index (χ0n) is 17.2. The van der Waals surface area contributed by atoms with E-state index in [2.05, 4.69) is 10.0 Å². The molecule has 0 unspecified atom stereocenters. The average Bonchev–Trinajstić information content (AvgIpc) is 2.72. The normalized spacial score (nSPS) is 11.0. The van der Waals surface area contributed by atoms with E-state index in [0.29, 0.717) is 12.2 Å². The lowest BCUT2D eigenvalue weighted by atomic mass is 10.1. The molecule has 0 heterocycles. The average molecular weight is 424 g/mol. The van der Waals surface area contributed by atoms with E-state index in [1.165, 1.54) is 12.1 Å². The van der Waals surface area contributed by atoms with Crippen molar-refractivity contribution >= 4 is 27.3 Å². The minimum Gasteiger partial charge on any atom is -0.378 e. The highest BCUT2D eigenvalue weighted by atomic mass is 32.2. The van der Waals surface area contributed by atoms with E-state index < -0.39 is 10.0 Å². The van der Waals surface area contributed by atoms with E-state index in [0.717, 1.165) is 16.8 Å². The van der Waals surface area contributed by atoms with E-state index in [4.69, 9.17) is 0 Å². The summed E-state index contributed by atoms with van der Waals surface area (Å²) in [6, 6.07) is 20.9. The third-order valence-electron chi connectivity index (χ3n) is 4.58. The van der Waals surface area contributed by atoms with Crippen LogP contribution in [0, 0.1) is 6.92 Å². The van der Waals surface area contributed by atoms with Crippen LogP contribution in [0.3, 0.4) is 0 Å². The van der Waals surface area contributed by atoms with Crippen LogP contribution in [0.1, 0.15) is 21.5 Å². The monoisotopic (exact) mass is 423 g/mol. The van der Waals surface area contributed by atoms with Gasteiger partial charge < -0.3 is 10.2 Å². The summed E-state index contributed by atoms with van der Waals surface area (Å²) in [5, 5.41) is 2.83. The lowest BCUT2D eigenvalue weighted by molar-refractivity contribution is 0.0950. The Balaban J connectivity index is 1.70. The van der Waals surface area contributed by atoms with Gasteiger partial charge in [0.25, 0.3) is 15.9 Å². The number of aryl methyl sites for hydroxylation is 1. The molecule has 0 radical (unpaired) electrons. The molecule has 2 N–H and O–H groups in total. The van der Waals surface area contributed by atoms with Crippen molar-refractivity contribution in [2.45, 2.75) is 18.4 Å². The van der Waals surface area contributed by atoms with Gasteiger partial charge in [0.2, 0.25) is 0 Å². The minimum atomic E-state index is -3.80. The Kier molecular flexibility index (Phi) is 6.42. The fraction of sp³-hybridized carbons (Fsp3) is 0.174. The standard InChI is InChI=1S/C23H25N3O3S/c1-17-6-4-8-20(14-17)25-30(28,29)22-9-5-7-19(15-22)23(27)24-16-18-10-12-21(13-11-18)26(2)3/h4-15,25H,16H2,1-3H3,(H,24,27). The highest BCUT2D eigenvalue weighted by Gasteiger charge is 2.16. The van der Waals surface area contributed by atoms with E-state index >= 15 is 0 Å². The Morgan fingerprint density at radius 2 is 1.63 bits per heavy atom. The topological polar surface area (TPSA) is 78.5 Å². The maximum absolute atomic E-state index is 12.7. The van der Waals surface area contributed by atoms with Crippen molar-refractivity contribution in [2.75, 3.05) is 23.7 Å². The molecule has 0 saturated carbocycles. The summed E-state index contributed by atoms with van der Waals surface area (Å²) in [5.74, 6) is -0.334. The Bertz CT molecular complexity index is 1140. The lowest BCUT2D eigenvalue weighted by Gasteiger charge is -2.13. The number of anilines is 2. The molecule has 0 spiro atoms. The number of hydrogen-bond donors (Lipinski definition) is 2. The quantitative estimate of drug-likeness (QED) is 0.606. The molecule has 0 saturated heterocycles. The molecule has 156 valence electrons. The number of nitrogens with zero attached hydrogens (tertiary/aromatic N) is 1. The number of hydrogen-bond acceptors (Lipinski definition) is 4. The van der Waals surface area contributed by atoms with Crippen molar-refractivity contribution in [1.29, 1.82) is 0 Å². The fourth-order valence-electron chi connectivity index (χ4n) is 2.92. The number of sulfonamides is 1. The number of nitrogens with one attached hydrogen (secondary N) is 2. The number of amides is 1. The van der Waals surface area contributed by atoms with Crippen LogP contribution < -0.4 is 14.9 Å². The summed E-state index contributed by atoms with van der Waals surface area (Å²) < 4.78 is 28.0. The first kappa shape index (κ1) is 21.4. The molecule has 3 aromatic rings. The van der Waals surface area contributed by atoms with E-state index in [-0.39, 0.29) is 16.4 Å². The summed E-state index contributed by atoms with van der Waals surface area (Å²) >= 11 is 0. The number of rotatable bonds is 7. The van der Waals surface area contributed by atoms with Gasteiger partial charge in [0.05, 0.1) is 4.90 Å². The van der Waals surface area contributed by atoms with Gasteiger partial charge in [-0.15, -0.1) is 0 Å². The molecule has 0 fully saturated rings. The van der Waals surface area contributed by atoms with Crippen molar-refractivity contribution in [3.8, 4) is 0 Å². The van der Waals surface area contributed by atoms with E-state index in [1.54, 1.807) is 30.3 Å². The molecule has 0 aliphatic carbocycles. The molecule has 0 aliphatic rings. The van der Waals surface area contributed by atoms with Gasteiger partial charge in [-0.2, -0.15) is 0 Å². The van der Waals surface area contributed by atoms with Crippen LogP contribution in [0.15, 0.2) is 77.7 Å². The first-order valence-corrected chi connectivity index (χ1v) is 11.0. The molecule has 3 aromatic carbocycles. The highest BCUT2D eigenvalue weighted by Crippen LogP contribution is 2.18. The largest absolute Gasteiger partial charge is 0.378 e. The van der Waals surface area contributed by atoms with Gasteiger partial charge in [0.15, 0.2) is 0 Å². The second-order valence-corrected chi connectivity index (χ2v) is 8.93. The van der Waals surface area contributed by atoms with Crippen molar-refractivity contribution in [3.63, 3.8) is 0 Å². The first-order valence-electron chi connectivity index (χ1n) is 9.48. The zero-order chi connectivity index (χ0) is 21.7. The smallest absolute Gasteiger partial charge is 0.261 e. The predicted octanol–water partition coefficient (Wildman–Crippen LogP) is 3.79. The molecule has 6 nitrogen and oxygen atoms in total. The van der Waals surface area contributed by atoms with E-state index in [9.17, 15) is 13.2 Å². The summed E-state index contributed by atoms with van der Waals surface area (Å²) in [5.41, 5.74) is 3.74.